The van der Waals surface area contributed by atoms with Crippen molar-refractivity contribution in [2.45, 2.75) is 50.7 Å². The number of nitrogens with one attached hydrogen (secondary N) is 1. The number of nitrogen functional groups attached to an aromatic ring is 1. The van der Waals surface area contributed by atoms with Gasteiger partial charge in [0.1, 0.15) is 6.04 Å². The van der Waals surface area contributed by atoms with E-state index in [2.05, 4.69) is 28.4 Å². The molecule has 0 aromatic heterocycles. The van der Waals surface area contributed by atoms with Crippen LogP contribution in [0.15, 0.2) is 42.5 Å². The van der Waals surface area contributed by atoms with Crippen molar-refractivity contribution in [3.63, 3.8) is 0 Å². The van der Waals surface area contributed by atoms with Gasteiger partial charge in [-0.15, -0.1) is 0 Å². The van der Waals surface area contributed by atoms with E-state index in [0.717, 1.165) is 49.3 Å². The Morgan fingerprint density at radius 2 is 1.81 bits per heavy atom. The summed E-state index contributed by atoms with van der Waals surface area (Å²) in [6.45, 7) is 3.24. The minimum Gasteiger partial charge on any atom is -0.399 e. The lowest BCUT2D eigenvalue weighted by Gasteiger charge is -2.32. The van der Waals surface area contributed by atoms with Gasteiger partial charge in [-0.1, -0.05) is 24.3 Å². The molecule has 1 unspecified atom stereocenters. The number of imide groups is 1. The number of benzene rings is 2. The fourth-order valence-corrected chi connectivity index (χ4v) is 5.20. The van der Waals surface area contributed by atoms with E-state index in [1.54, 1.807) is 4.90 Å². The zero-order valence-corrected chi connectivity index (χ0v) is 18.0. The van der Waals surface area contributed by atoms with Crippen LogP contribution in [0.3, 0.4) is 0 Å². The topological polar surface area (TPSA) is 95.7 Å². The van der Waals surface area contributed by atoms with Crippen molar-refractivity contribution >= 4 is 23.4 Å². The van der Waals surface area contributed by atoms with Crippen molar-refractivity contribution in [2.75, 3.05) is 18.8 Å². The van der Waals surface area contributed by atoms with Crippen LogP contribution in [0.25, 0.3) is 0 Å². The van der Waals surface area contributed by atoms with Crippen LogP contribution in [0.5, 0.6) is 0 Å². The summed E-state index contributed by atoms with van der Waals surface area (Å²) in [5.41, 5.74) is 10.8. The highest BCUT2D eigenvalue weighted by Gasteiger charge is 2.39. The third-order valence-corrected chi connectivity index (χ3v) is 6.97. The van der Waals surface area contributed by atoms with Gasteiger partial charge in [-0.2, -0.15) is 0 Å². The fraction of sp³-hybridized carbons (Fsp3) is 0.400. The highest BCUT2D eigenvalue weighted by molar-refractivity contribution is 6.05. The second kappa shape index (κ2) is 8.39. The molecular weight excluding hydrogens is 404 g/mol. The number of rotatable bonds is 4. The molecule has 0 bridgehead atoms. The molecule has 0 saturated carbocycles. The highest BCUT2D eigenvalue weighted by Crippen LogP contribution is 2.31. The number of hydrogen-bond acceptors (Lipinski definition) is 5. The molecule has 2 fully saturated rings. The monoisotopic (exact) mass is 432 g/mol. The summed E-state index contributed by atoms with van der Waals surface area (Å²) in [5, 5.41) is 2.35. The number of carbonyl (C=O) groups excluding carboxylic acids is 3. The Hall–Kier alpha value is -3.19. The minimum atomic E-state index is -0.567. The standard InChI is InChI=1S/C25H28N4O3/c26-20-3-1-2-18(13-20)17-8-10-28(11-9-17)14-16-4-5-19-15-29(25(32)21(19)12-16)22-6-7-23(30)27-24(22)31/h1-5,12-13,17,22H,6-11,14-15,26H2,(H,27,30,31). The van der Waals surface area contributed by atoms with E-state index in [0.29, 0.717) is 24.4 Å². The Bertz CT molecular complexity index is 1070. The largest absolute Gasteiger partial charge is 0.399 e. The van der Waals surface area contributed by atoms with Crippen molar-refractivity contribution in [2.24, 2.45) is 0 Å². The molecule has 5 rings (SSSR count). The van der Waals surface area contributed by atoms with Crippen molar-refractivity contribution in [1.82, 2.24) is 15.1 Å². The number of carbonyl (C=O) groups is 3. The summed E-state index contributed by atoms with van der Waals surface area (Å²) in [4.78, 5) is 40.7. The van der Waals surface area contributed by atoms with Gasteiger partial charge in [0.2, 0.25) is 11.8 Å². The van der Waals surface area contributed by atoms with Crippen molar-refractivity contribution < 1.29 is 14.4 Å². The molecule has 1 atom stereocenters. The Morgan fingerprint density at radius 1 is 1.00 bits per heavy atom. The van der Waals surface area contributed by atoms with Crippen molar-refractivity contribution in [1.29, 1.82) is 0 Å². The second-order valence-corrected chi connectivity index (χ2v) is 9.11. The number of likely N-dealkylation sites (tertiary alicyclic amines) is 1. The van der Waals surface area contributed by atoms with Gasteiger partial charge in [0.25, 0.3) is 5.91 Å². The average molecular weight is 433 g/mol. The zero-order valence-electron chi connectivity index (χ0n) is 18.0. The van der Waals surface area contributed by atoms with Crippen molar-refractivity contribution in [3.05, 3.63) is 64.7 Å². The molecule has 3 amide bonds. The number of amides is 3. The molecule has 3 aliphatic rings. The molecule has 0 radical (unpaired) electrons. The van der Waals surface area contributed by atoms with Crippen LogP contribution in [0.2, 0.25) is 0 Å². The number of anilines is 1. The van der Waals surface area contributed by atoms with Crippen LogP contribution < -0.4 is 11.1 Å². The number of nitrogens with zero attached hydrogens (tertiary/aromatic N) is 2. The quantitative estimate of drug-likeness (QED) is 0.571. The van der Waals surface area contributed by atoms with E-state index >= 15 is 0 Å². The summed E-state index contributed by atoms with van der Waals surface area (Å²) >= 11 is 0. The van der Waals surface area contributed by atoms with Crippen LogP contribution in [-0.4, -0.2) is 46.7 Å². The van der Waals surface area contributed by atoms with E-state index in [4.69, 9.17) is 5.73 Å². The van der Waals surface area contributed by atoms with E-state index in [1.807, 2.05) is 24.3 Å². The maximum absolute atomic E-state index is 13.0. The first kappa shape index (κ1) is 20.7. The molecule has 7 nitrogen and oxygen atoms in total. The van der Waals surface area contributed by atoms with Crippen LogP contribution in [0, 0.1) is 0 Å². The minimum absolute atomic E-state index is 0.114. The smallest absolute Gasteiger partial charge is 0.255 e. The SMILES string of the molecule is Nc1cccc(C2CCN(Cc3ccc4c(c3)C(=O)N(C3CCC(=O)NC3=O)C4)CC2)c1. The summed E-state index contributed by atoms with van der Waals surface area (Å²) in [7, 11) is 0. The van der Waals surface area contributed by atoms with E-state index in [9.17, 15) is 14.4 Å². The first-order valence-corrected chi connectivity index (χ1v) is 11.3. The van der Waals surface area contributed by atoms with Gasteiger partial charge in [-0.05, 0) is 73.2 Å². The van der Waals surface area contributed by atoms with Gasteiger partial charge in [0, 0.05) is 30.8 Å². The fourth-order valence-electron chi connectivity index (χ4n) is 5.20. The summed E-state index contributed by atoms with van der Waals surface area (Å²) in [6, 6.07) is 13.7. The molecular formula is C25H28N4O3. The Labute approximate surface area is 187 Å². The molecule has 7 heteroatoms. The molecule has 2 aromatic rings. The summed E-state index contributed by atoms with van der Waals surface area (Å²) < 4.78 is 0. The lowest BCUT2D eigenvalue weighted by Crippen LogP contribution is -2.52. The van der Waals surface area contributed by atoms with Crippen LogP contribution in [0.4, 0.5) is 5.69 Å². The molecule has 3 heterocycles. The number of fused-ring (bicyclic) bond motifs is 1. The Kier molecular flexibility index (Phi) is 5.43. The van der Waals surface area contributed by atoms with Gasteiger partial charge < -0.3 is 10.6 Å². The maximum atomic E-state index is 13.0. The number of hydrogen-bond donors (Lipinski definition) is 2. The third kappa shape index (κ3) is 4.00. The Morgan fingerprint density at radius 3 is 2.56 bits per heavy atom. The van der Waals surface area contributed by atoms with E-state index < -0.39 is 6.04 Å². The molecule has 3 aliphatic heterocycles. The van der Waals surface area contributed by atoms with Gasteiger partial charge in [0.05, 0.1) is 0 Å². The number of piperidine rings is 2. The van der Waals surface area contributed by atoms with Gasteiger partial charge in [0.15, 0.2) is 0 Å². The van der Waals surface area contributed by atoms with E-state index in [-0.39, 0.29) is 24.1 Å². The van der Waals surface area contributed by atoms with Gasteiger partial charge in [-0.3, -0.25) is 24.6 Å². The normalized spacial score (nSPS) is 22.2. The van der Waals surface area contributed by atoms with E-state index in [1.165, 1.54) is 5.56 Å². The molecule has 166 valence electrons. The first-order chi connectivity index (χ1) is 15.5. The lowest BCUT2D eigenvalue weighted by molar-refractivity contribution is -0.136. The van der Waals surface area contributed by atoms with Crippen LogP contribution in [-0.2, 0) is 22.7 Å². The Balaban J connectivity index is 1.22. The molecule has 3 N–H and O–H groups in total. The second-order valence-electron chi connectivity index (χ2n) is 9.11. The predicted octanol–water partition coefficient (Wildman–Crippen LogP) is 2.41. The van der Waals surface area contributed by atoms with Gasteiger partial charge >= 0.3 is 0 Å². The average Bonchev–Trinajstić information content (AvgIpc) is 3.10. The predicted molar refractivity (Wildman–Crippen MR) is 121 cm³/mol. The molecule has 2 saturated heterocycles. The van der Waals surface area contributed by atoms with Crippen LogP contribution >= 0.6 is 0 Å². The maximum Gasteiger partial charge on any atom is 0.255 e. The molecule has 32 heavy (non-hydrogen) atoms. The third-order valence-electron chi connectivity index (χ3n) is 6.97. The summed E-state index contributed by atoms with van der Waals surface area (Å²) in [6.07, 6.45) is 2.85. The number of nitrogens with two attached hydrogens (primary N) is 1. The van der Waals surface area contributed by atoms with Crippen molar-refractivity contribution in [3.8, 4) is 0 Å². The first-order valence-electron chi connectivity index (χ1n) is 11.3. The zero-order chi connectivity index (χ0) is 22.2. The lowest BCUT2D eigenvalue weighted by atomic mass is 9.89. The molecule has 0 aliphatic carbocycles. The van der Waals surface area contributed by atoms with Crippen LogP contribution in [0.1, 0.15) is 58.6 Å². The highest BCUT2D eigenvalue weighted by atomic mass is 16.2. The molecule has 0 spiro atoms. The van der Waals surface area contributed by atoms with Gasteiger partial charge in [-0.25, -0.2) is 0 Å². The molecule has 2 aromatic carbocycles. The summed E-state index contributed by atoms with van der Waals surface area (Å²) in [5.74, 6) is -0.210.